The van der Waals surface area contributed by atoms with Gasteiger partial charge in [-0.25, -0.2) is 0 Å². The van der Waals surface area contributed by atoms with Gasteiger partial charge in [0.05, 0.1) is 13.2 Å². The normalized spacial score (nSPS) is 12.5. The number of hydrogen-bond acceptors (Lipinski definition) is 3. The Morgan fingerprint density at radius 2 is 2.21 bits per heavy atom. The van der Waals surface area contributed by atoms with E-state index in [1.165, 1.54) is 0 Å². The zero-order valence-electron chi connectivity index (χ0n) is 9.43. The molecule has 0 aliphatic rings. The summed E-state index contributed by atoms with van der Waals surface area (Å²) in [5, 5.41) is 5.86. The fraction of sp³-hybridized carbons (Fsp3) is 0.900. The summed E-state index contributed by atoms with van der Waals surface area (Å²) in [5.41, 5.74) is 0. The van der Waals surface area contributed by atoms with E-state index in [1.807, 2.05) is 0 Å². The van der Waals surface area contributed by atoms with Gasteiger partial charge in [-0.1, -0.05) is 20.3 Å². The molecule has 14 heavy (non-hydrogen) atoms. The highest BCUT2D eigenvalue weighted by Crippen LogP contribution is 1.96. The number of ether oxygens (including phenoxy) is 1. The summed E-state index contributed by atoms with van der Waals surface area (Å²) in [6, 6.07) is 0. The van der Waals surface area contributed by atoms with Crippen LogP contribution in [0.15, 0.2) is 0 Å². The Morgan fingerprint density at radius 3 is 2.79 bits per heavy atom. The first-order valence-corrected chi connectivity index (χ1v) is 5.17. The molecule has 0 bridgehead atoms. The van der Waals surface area contributed by atoms with E-state index in [-0.39, 0.29) is 5.91 Å². The molecule has 0 saturated heterocycles. The predicted molar refractivity (Wildman–Crippen MR) is 57.2 cm³/mol. The maximum absolute atomic E-state index is 11.2. The SMILES string of the molecule is CCC(C)CNCC(=O)NCCOC. The maximum Gasteiger partial charge on any atom is 0.234 e. The third kappa shape index (κ3) is 8.01. The minimum atomic E-state index is 0.0327. The molecule has 2 N–H and O–H groups in total. The van der Waals surface area contributed by atoms with Gasteiger partial charge in [0.2, 0.25) is 5.91 Å². The molecule has 0 radical (unpaired) electrons. The van der Waals surface area contributed by atoms with Crippen molar-refractivity contribution >= 4 is 5.91 Å². The molecule has 1 amide bonds. The van der Waals surface area contributed by atoms with Crippen LogP contribution in [0.1, 0.15) is 20.3 Å². The smallest absolute Gasteiger partial charge is 0.234 e. The van der Waals surface area contributed by atoms with Crippen LogP contribution in [0, 0.1) is 5.92 Å². The van der Waals surface area contributed by atoms with Gasteiger partial charge in [0, 0.05) is 13.7 Å². The molecule has 0 rings (SSSR count). The lowest BCUT2D eigenvalue weighted by Gasteiger charge is -2.09. The van der Waals surface area contributed by atoms with Crippen molar-refractivity contribution in [3.8, 4) is 0 Å². The van der Waals surface area contributed by atoms with Crippen molar-refractivity contribution in [1.82, 2.24) is 10.6 Å². The number of rotatable bonds is 8. The molecule has 0 fully saturated rings. The molecule has 4 heteroatoms. The van der Waals surface area contributed by atoms with Crippen LogP contribution in [0.4, 0.5) is 0 Å². The highest BCUT2D eigenvalue weighted by atomic mass is 16.5. The average molecular weight is 202 g/mol. The molecule has 0 aromatic rings. The van der Waals surface area contributed by atoms with Crippen molar-refractivity contribution in [1.29, 1.82) is 0 Å². The van der Waals surface area contributed by atoms with Crippen LogP contribution in [0.2, 0.25) is 0 Å². The van der Waals surface area contributed by atoms with Crippen molar-refractivity contribution in [2.75, 3.05) is 33.4 Å². The van der Waals surface area contributed by atoms with Crippen LogP contribution >= 0.6 is 0 Å². The fourth-order valence-corrected chi connectivity index (χ4v) is 0.931. The van der Waals surface area contributed by atoms with Crippen LogP contribution in [0.5, 0.6) is 0 Å². The van der Waals surface area contributed by atoms with Crippen molar-refractivity contribution in [3.05, 3.63) is 0 Å². The van der Waals surface area contributed by atoms with E-state index >= 15 is 0 Å². The van der Waals surface area contributed by atoms with Crippen molar-refractivity contribution < 1.29 is 9.53 Å². The number of methoxy groups -OCH3 is 1. The highest BCUT2D eigenvalue weighted by Gasteiger charge is 2.01. The molecular weight excluding hydrogens is 180 g/mol. The molecule has 4 nitrogen and oxygen atoms in total. The van der Waals surface area contributed by atoms with Crippen molar-refractivity contribution in [3.63, 3.8) is 0 Å². The van der Waals surface area contributed by atoms with Gasteiger partial charge < -0.3 is 15.4 Å². The summed E-state index contributed by atoms with van der Waals surface area (Å²) in [7, 11) is 1.62. The first-order chi connectivity index (χ1) is 6.70. The Morgan fingerprint density at radius 1 is 1.50 bits per heavy atom. The molecule has 0 spiro atoms. The Hall–Kier alpha value is -0.610. The maximum atomic E-state index is 11.2. The Balaban J connectivity index is 3.26. The summed E-state index contributed by atoms with van der Waals surface area (Å²) in [6.45, 7) is 6.75. The molecule has 0 aromatic heterocycles. The number of hydrogen-bond donors (Lipinski definition) is 2. The first-order valence-electron chi connectivity index (χ1n) is 5.17. The topological polar surface area (TPSA) is 50.4 Å². The zero-order valence-corrected chi connectivity index (χ0v) is 9.43. The van der Waals surface area contributed by atoms with Gasteiger partial charge in [0.25, 0.3) is 0 Å². The number of amides is 1. The van der Waals surface area contributed by atoms with Gasteiger partial charge in [0.1, 0.15) is 0 Å². The van der Waals surface area contributed by atoms with Gasteiger partial charge >= 0.3 is 0 Å². The van der Waals surface area contributed by atoms with Crippen LogP contribution in [0.25, 0.3) is 0 Å². The summed E-state index contributed by atoms with van der Waals surface area (Å²) >= 11 is 0. The summed E-state index contributed by atoms with van der Waals surface area (Å²) in [4.78, 5) is 11.2. The van der Waals surface area contributed by atoms with Gasteiger partial charge in [0.15, 0.2) is 0 Å². The van der Waals surface area contributed by atoms with Gasteiger partial charge in [-0.15, -0.1) is 0 Å². The third-order valence-corrected chi connectivity index (χ3v) is 2.10. The van der Waals surface area contributed by atoms with Gasteiger partial charge in [-0.3, -0.25) is 4.79 Å². The number of carbonyl (C=O) groups excluding carboxylic acids is 1. The second-order valence-electron chi connectivity index (χ2n) is 3.49. The van der Waals surface area contributed by atoms with Crippen LogP contribution in [0.3, 0.4) is 0 Å². The van der Waals surface area contributed by atoms with Crippen LogP contribution < -0.4 is 10.6 Å². The monoisotopic (exact) mass is 202 g/mol. The molecule has 0 aromatic carbocycles. The molecule has 0 aliphatic heterocycles. The van der Waals surface area contributed by atoms with E-state index in [1.54, 1.807) is 7.11 Å². The van der Waals surface area contributed by atoms with E-state index in [0.29, 0.717) is 25.6 Å². The largest absolute Gasteiger partial charge is 0.383 e. The second kappa shape index (κ2) is 8.97. The minimum Gasteiger partial charge on any atom is -0.383 e. The van der Waals surface area contributed by atoms with Crippen LogP contribution in [-0.2, 0) is 9.53 Å². The molecule has 1 unspecified atom stereocenters. The fourth-order valence-electron chi connectivity index (χ4n) is 0.931. The van der Waals surface area contributed by atoms with Crippen molar-refractivity contribution in [2.45, 2.75) is 20.3 Å². The molecule has 0 saturated carbocycles. The van der Waals surface area contributed by atoms with E-state index in [0.717, 1.165) is 13.0 Å². The average Bonchev–Trinajstić information content (AvgIpc) is 2.18. The van der Waals surface area contributed by atoms with Crippen LogP contribution in [-0.4, -0.2) is 39.3 Å². The number of carbonyl (C=O) groups is 1. The second-order valence-corrected chi connectivity index (χ2v) is 3.49. The third-order valence-electron chi connectivity index (χ3n) is 2.10. The highest BCUT2D eigenvalue weighted by molar-refractivity contribution is 5.77. The molecule has 0 aliphatic carbocycles. The lowest BCUT2D eigenvalue weighted by Crippen LogP contribution is -2.36. The van der Waals surface area contributed by atoms with Gasteiger partial charge in [-0.2, -0.15) is 0 Å². The minimum absolute atomic E-state index is 0.0327. The molecule has 0 heterocycles. The predicted octanol–water partition coefficient (Wildman–Crippen LogP) is 0.385. The quantitative estimate of drug-likeness (QED) is 0.560. The van der Waals surface area contributed by atoms with Gasteiger partial charge in [-0.05, 0) is 12.5 Å². The summed E-state index contributed by atoms with van der Waals surface area (Å²) in [6.07, 6.45) is 1.14. The Labute approximate surface area is 86.4 Å². The van der Waals surface area contributed by atoms with E-state index in [2.05, 4.69) is 24.5 Å². The lowest BCUT2D eigenvalue weighted by molar-refractivity contribution is -0.120. The lowest BCUT2D eigenvalue weighted by atomic mass is 10.1. The Bertz CT molecular complexity index is 151. The summed E-state index contributed by atoms with van der Waals surface area (Å²) < 4.78 is 4.82. The zero-order chi connectivity index (χ0) is 10.8. The standard InChI is InChI=1S/C10H22N2O2/c1-4-9(2)7-11-8-10(13)12-5-6-14-3/h9,11H,4-8H2,1-3H3,(H,12,13). The summed E-state index contributed by atoms with van der Waals surface area (Å²) in [5.74, 6) is 0.659. The van der Waals surface area contributed by atoms with Crippen molar-refractivity contribution in [2.24, 2.45) is 5.92 Å². The molecule has 84 valence electrons. The Kier molecular flexibility index (Phi) is 8.57. The van der Waals surface area contributed by atoms with E-state index in [9.17, 15) is 4.79 Å². The molecular formula is C10H22N2O2. The first kappa shape index (κ1) is 13.4. The number of nitrogens with one attached hydrogen (secondary N) is 2. The molecule has 1 atom stereocenters. The van der Waals surface area contributed by atoms with E-state index < -0.39 is 0 Å². The van der Waals surface area contributed by atoms with E-state index in [4.69, 9.17) is 4.74 Å².